The number of carbonyl (C=O) groups is 1. The molecule has 1 amide bonds. The van der Waals surface area contributed by atoms with Crippen LogP contribution in [0.15, 0.2) is 24.8 Å². The third kappa shape index (κ3) is 3.69. The molecule has 154 valence electrons. The lowest BCUT2D eigenvalue weighted by Gasteiger charge is -2.34. The van der Waals surface area contributed by atoms with E-state index in [4.69, 9.17) is 11.6 Å². The quantitative estimate of drug-likeness (QED) is 0.670. The summed E-state index contributed by atoms with van der Waals surface area (Å²) in [5.74, 6) is -0.0978. The third-order valence-electron chi connectivity index (χ3n) is 5.29. The van der Waals surface area contributed by atoms with Crippen molar-refractivity contribution in [1.82, 2.24) is 24.6 Å². The molecular weight excluding hydrogens is 395 g/mol. The number of piperidine rings is 1. The van der Waals surface area contributed by atoms with Crippen molar-refractivity contribution in [2.24, 2.45) is 0 Å². The van der Waals surface area contributed by atoms with Gasteiger partial charge >= 0.3 is 0 Å². The fourth-order valence-electron chi connectivity index (χ4n) is 3.85. The van der Waals surface area contributed by atoms with E-state index >= 15 is 0 Å². The van der Waals surface area contributed by atoms with Gasteiger partial charge in [-0.05, 0) is 20.3 Å². The zero-order valence-electron chi connectivity index (χ0n) is 16.6. The highest BCUT2D eigenvalue weighted by atomic mass is 35.5. The summed E-state index contributed by atoms with van der Waals surface area (Å²) < 4.78 is 16.4. The standard InChI is InChI=1S/C20H24ClFN6O/c1-11(2)26-19-14(7-23-20-18(19)15(21)8-24-20)13-6-25-28(9-13)17-4-5-27(12(3)29)10-16(17)22/h6-9,11,16-17H,4-5,10H2,1-3H3,(H2,23,24,26)/t16-,17-/m0/s1. The number of nitrogens with zero attached hydrogens (tertiary/aromatic N) is 4. The molecule has 9 heteroatoms. The summed E-state index contributed by atoms with van der Waals surface area (Å²) in [4.78, 5) is 20.6. The van der Waals surface area contributed by atoms with E-state index in [1.807, 2.05) is 6.20 Å². The van der Waals surface area contributed by atoms with E-state index < -0.39 is 12.2 Å². The van der Waals surface area contributed by atoms with Gasteiger partial charge in [-0.15, -0.1) is 0 Å². The molecule has 4 heterocycles. The normalized spacial score (nSPS) is 19.9. The van der Waals surface area contributed by atoms with Gasteiger partial charge in [0.1, 0.15) is 11.8 Å². The zero-order valence-corrected chi connectivity index (χ0v) is 17.4. The molecule has 0 spiro atoms. The first-order valence-corrected chi connectivity index (χ1v) is 10.1. The number of carbonyl (C=O) groups excluding carboxylic acids is 1. The van der Waals surface area contributed by atoms with Crippen molar-refractivity contribution in [3.05, 3.63) is 29.8 Å². The fourth-order valence-corrected chi connectivity index (χ4v) is 4.09. The average molecular weight is 419 g/mol. The van der Waals surface area contributed by atoms with E-state index in [9.17, 15) is 9.18 Å². The fraction of sp³-hybridized carbons (Fsp3) is 0.450. The van der Waals surface area contributed by atoms with Crippen LogP contribution in [-0.2, 0) is 4.79 Å². The van der Waals surface area contributed by atoms with Crippen LogP contribution in [-0.4, -0.2) is 55.9 Å². The highest BCUT2D eigenvalue weighted by Crippen LogP contribution is 2.38. The van der Waals surface area contributed by atoms with Crippen molar-refractivity contribution in [2.75, 3.05) is 18.4 Å². The number of anilines is 1. The second-order valence-corrected chi connectivity index (χ2v) is 8.16. The number of alkyl halides is 1. The smallest absolute Gasteiger partial charge is 0.219 e. The Kier molecular flexibility index (Phi) is 5.21. The first kappa shape index (κ1) is 19.7. The number of likely N-dealkylation sites (tertiary alicyclic amines) is 1. The molecule has 0 bridgehead atoms. The minimum absolute atomic E-state index is 0.0978. The maximum Gasteiger partial charge on any atom is 0.219 e. The Bertz CT molecular complexity index is 1040. The van der Waals surface area contributed by atoms with Crippen LogP contribution >= 0.6 is 11.6 Å². The number of aromatic nitrogens is 4. The number of hydrogen-bond donors (Lipinski definition) is 2. The van der Waals surface area contributed by atoms with Crippen molar-refractivity contribution in [1.29, 1.82) is 0 Å². The first-order valence-electron chi connectivity index (χ1n) is 9.71. The minimum Gasteiger partial charge on any atom is -0.382 e. The molecule has 0 radical (unpaired) electrons. The Morgan fingerprint density at radius 2 is 2.21 bits per heavy atom. The summed E-state index contributed by atoms with van der Waals surface area (Å²) in [6.45, 7) is 6.20. The lowest BCUT2D eigenvalue weighted by molar-refractivity contribution is -0.131. The molecule has 4 rings (SSSR count). The Labute approximate surface area is 173 Å². The van der Waals surface area contributed by atoms with Gasteiger partial charge in [-0.1, -0.05) is 11.6 Å². The van der Waals surface area contributed by atoms with Crippen molar-refractivity contribution in [3.63, 3.8) is 0 Å². The first-order chi connectivity index (χ1) is 13.8. The lowest BCUT2D eigenvalue weighted by atomic mass is 10.0. The van der Waals surface area contributed by atoms with Crippen LogP contribution in [0, 0.1) is 0 Å². The molecule has 7 nitrogen and oxygen atoms in total. The molecule has 1 aliphatic rings. The highest BCUT2D eigenvalue weighted by Gasteiger charge is 2.32. The van der Waals surface area contributed by atoms with Gasteiger partial charge in [0.25, 0.3) is 0 Å². The van der Waals surface area contributed by atoms with Crippen LogP contribution < -0.4 is 5.32 Å². The Balaban J connectivity index is 1.69. The molecule has 0 saturated carbocycles. The minimum atomic E-state index is -1.16. The molecule has 0 unspecified atom stereocenters. The molecule has 1 saturated heterocycles. The Hall–Kier alpha value is -2.61. The number of nitrogens with one attached hydrogen (secondary N) is 2. The Morgan fingerprint density at radius 1 is 1.41 bits per heavy atom. The highest BCUT2D eigenvalue weighted by molar-refractivity contribution is 6.36. The summed E-state index contributed by atoms with van der Waals surface area (Å²) in [5.41, 5.74) is 3.27. The SMILES string of the molecule is CC(=O)N1CC[C@H](n2cc(-c3cnc4[nH]cc(Cl)c4c3NC(C)C)cn2)[C@@H](F)C1. The second kappa shape index (κ2) is 7.67. The molecule has 1 aliphatic heterocycles. The van der Waals surface area contributed by atoms with Crippen LogP contribution in [0.5, 0.6) is 0 Å². The van der Waals surface area contributed by atoms with Gasteiger partial charge in [-0.3, -0.25) is 9.48 Å². The van der Waals surface area contributed by atoms with Crippen molar-refractivity contribution >= 4 is 34.2 Å². The van der Waals surface area contributed by atoms with Crippen molar-refractivity contribution in [3.8, 4) is 11.1 Å². The van der Waals surface area contributed by atoms with E-state index in [2.05, 4.69) is 34.2 Å². The zero-order chi connectivity index (χ0) is 20.7. The summed E-state index contributed by atoms with van der Waals surface area (Å²) >= 11 is 6.39. The monoisotopic (exact) mass is 418 g/mol. The molecule has 2 N–H and O–H groups in total. The summed E-state index contributed by atoms with van der Waals surface area (Å²) in [6, 6.07) is -0.208. The van der Waals surface area contributed by atoms with Gasteiger partial charge in [0, 0.05) is 49.2 Å². The van der Waals surface area contributed by atoms with Gasteiger partial charge in [-0.25, -0.2) is 9.37 Å². The van der Waals surface area contributed by atoms with Crippen molar-refractivity contribution in [2.45, 2.75) is 45.4 Å². The molecule has 3 aromatic heterocycles. The summed E-state index contributed by atoms with van der Waals surface area (Å²) in [7, 11) is 0. The van der Waals surface area contributed by atoms with E-state index in [1.54, 1.807) is 28.2 Å². The van der Waals surface area contributed by atoms with E-state index in [0.29, 0.717) is 23.6 Å². The number of rotatable bonds is 4. The van der Waals surface area contributed by atoms with E-state index in [-0.39, 0.29) is 18.5 Å². The lowest BCUT2D eigenvalue weighted by Crippen LogP contribution is -2.44. The molecule has 29 heavy (non-hydrogen) atoms. The number of H-pyrrole nitrogens is 1. The molecular formula is C20H24ClFN6O. The number of pyridine rings is 1. The van der Waals surface area contributed by atoms with Crippen molar-refractivity contribution < 1.29 is 9.18 Å². The predicted octanol–water partition coefficient (Wildman–Crippen LogP) is 4.03. The predicted molar refractivity (Wildman–Crippen MR) is 112 cm³/mol. The number of aromatic amines is 1. The van der Waals surface area contributed by atoms with Gasteiger partial charge < -0.3 is 15.2 Å². The second-order valence-electron chi connectivity index (χ2n) is 7.75. The Morgan fingerprint density at radius 3 is 2.90 bits per heavy atom. The van der Waals surface area contributed by atoms with E-state index in [1.165, 1.54) is 6.92 Å². The maximum absolute atomic E-state index is 14.7. The number of halogens is 2. The molecule has 3 aromatic rings. The van der Waals surface area contributed by atoms with Gasteiger partial charge in [0.15, 0.2) is 0 Å². The maximum atomic E-state index is 14.7. The van der Waals surface area contributed by atoms with Crippen LogP contribution in [0.3, 0.4) is 0 Å². The summed E-state index contributed by atoms with van der Waals surface area (Å²) in [5, 5.41) is 9.29. The van der Waals surface area contributed by atoms with Gasteiger partial charge in [-0.2, -0.15) is 5.10 Å². The molecule has 1 fully saturated rings. The molecule has 0 aliphatic carbocycles. The molecule has 0 aromatic carbocycles. The molecule has 2 atom stereocenters. The van der Waals surface area contributed by atoms with E-state index in [0.717, 1.165) is 22.2 Å². The topological polar surface area (TPSA) is 78.8 Å². The largest absolute Gasteiger partial charge is 0.382 e. The number of fused-ring (bicyclic) bond motifs is 1. The van der Waals surface area contributed by atoms with Gasteiger partial charge in [0.2, 0.25) is 5.91 Å². The van der Waals surface area contributed by atoms with Gasteiger partial charge in [0.05, 0.1) is 34.9 Å². The van der Waals surface area contributed by atoms with Crippen LogP contribution in [0.4, 0.5) is 10.1 Å². The van der Waals surface area contributed by atoms with Crippen LogP contribution in [0.2, 0.25) is 5.02 Å². The number of amides is 1. The summed E-state index contributed by atoms with van der Waals surface area (Å²) in [6.07, 6.45) is 6.42. The number of hydrogen-bond acceptors (Lipinski definition) is 4. The van der Waals surface area contributed by atoms with Crippen LogP contribution in [0.25, 0.3) is 22.2 Å². The van der Waals surface area contributed by atoms with Crippen LogP contribution in [0.1, 0.15) is 33.2 Å². The average Bonchev–Trinajstić information content (AvgIpc) is 3.29. The third-order valence-corrected chi connectivity index (χ3v) is 5.59.